The molecule has 3 heteroatoms. The van der Waals surface area contributed by atoms with E-state index in [0.717, 1.165) is 30.7 Å². The Morgan fingerprint density at radius 1 is 0.966 bits per heavy atom. The summed E-state index contributed by atoms with van der Waals surface area (Å²) in [4.78, 5) is 0. The number of hydrogen-bond acceptors (Lipinski definition) is 2. The SMILES string of the molecule is COCC[N+]1(C)[C@@H]2CC[C@H]1C[C@@H](CC(C#N)(c1ccccc1)c1ccccc1)C2. The van der Waals surface area contributed by atoms with Crippen molar-refractivity contribution in [2.75, 3.05) is 27.3 Å². The lowest BCUT2D eigenvalue weighted by atomic mass is 9.67. The van der Waals surface area contributed by atoms with Crippen molar-refractivity contribution in [2.24, 2.45) is 5.92 Å². The molecular weight excluding hydrogens is 356 g/mol. The third-order valence-electron chi connectivity index (χ3n) is 7.81. The van der Waals surface area contributed by atoms with Gasteiger partial charge in [0.15, 0.2) is 0 Å². The lowest BCUT2D eigenvalue weighted by Gasteiger charge is -2.48. The number of benzene rings is 2. The Kier molecular flexibility index (Phi) is 5.76. The number of hydrogen-bond donors (Lipinski definition) is 0. The van der Waals surface area contributed by atoms with E-state index in [1.165, 1.54) is 30.2 Å². The molecule has 0 saturated carbocycles. The highest BCUT2D eigenvalue weighted by Gasteiger charge is 2.52. The predicted molar refractivity (Wildman–Crippen MR) is 116 cm³/mol. The van der Waals surface area contributed by atoms with Crippen molar-refractivity contribution in [2.45, 2.75) is 49.6 Å². The molecule has 29 heavy (non-hydrogen) atoms. The molecule has 4 atom stereocenters. The fraction of sp³-hybridized carbons (Fsp3) is 0.500. The largest absolute Gasteiger partial charge is 0.379 e. The van der Waals surface area contributed by atoms with Crippen LogP contribution < -0.4 is 0 Å². The number of piperidine rings is 1. The summed E-state index contributed by atoms with van der Waals surface area (Å²) in [5.74, 6) is 0.585. The molecule has 0 amide bonds. The van der Waals surface area contributed by atoms with Crippen LogP contribution in [0.3, 0.4) is 0 Å². The summed E-state index contributed by atoms with van der Waals surface area (Å²) in [7, 11) is 4.24. The zero-order valence-corrected chi connectivity index (χ0v) is 17.8. The second-order valence-corrected chi connectivity index (χ2v) is 9.24. The van der Waals surface area contributed by atoms with Gasteiger partial charge < -0.3 is 9.22 Å². The lowest BCUT2D eigenvalue weighted by Crippen LogP contribution is -2.59. The van der Waals surface area contributed by atoms with E-state index in [4.69, 9.17) is 4.74 Å². The second kappa shape index (κ2) is 8.30. The molecule has 0 aliphatic carbocycles. The van der Waals surface area contributed by atoms with Crippen LogP contribution in [0.5, 0.6) is 0 Å². The quantitative estimate of drug-likeness (QED) is 0.630. The molecule has 2 saturated heterocycles. The van der Waals surface area contributed by atoms with E-state index < -0.39 is 5.41 Å². The Labute approximate surface area is 175 Å². The average Bonchev–Trinajstić information content (AvgIpc) is 2.94. The summed E-state index contributed by atoms with van der Waals surface area (Å²) in [6, 6.07) is 25.0. The molecule has 4 rings (SSSR count). The van der Waals surface area contributed by atoms with Crippen molar-refractivity contribution in [3.8, 4) is 6.07 Å². The van der Waals surface area contributed by atoms with Crippen molar-refractivity contribution in [3.05, 3.63) is 71.8 Å². The van der Waals surface area contributed by atoms with Crippen molar-refractivity contribution < 1.29 is 9.22 Å². The molecule has 2 aromatic carbocycles. The first-order valence-corrected chi connectivity index (χ1v) is 11.0. The van der Waals surface area contributed by atoms with E-state index in [1.54, 1.807) is 0 Å². The van der Waals surface area contributed by atoms with Crippen LogP contribution in [0.15, 0.2) is 60.7 Å². The van der Waals surface area contributed by atoms with Crippen molar-refractivity contribution in [1.29, 1.82) is 5.26 Å². The number of nitrogens with zero attached hydrogens (tertiary/aromatic N) is 2. The summed E-state index contributed by atoms with van der Waals surface area (Å²) in [5.41, 5.74) is 1.69. The molecule has 2 aliphatic heterocycles. The van der Waals surface area contributed by atoms with Gasteiger partial charge >= 0.3 is 0 Å². The number of quaternary nitrogens is 1. The Morgan fingerprint density at radius 2 is 1.48 bits per heavy atom. The van der Waals surface area contributed by atoms with Gasteiger partial charge in [0, 0.05) is 32.8 Å². The fourth-order valence-electron chi connectivity index (χ4n) is 6.13. The standard InChI is InChI=1S/C26H33N2O/c1-28(15-16-29-2)24-13-14-25(28)18-21(17-24)19-26(20-27,22-9-5-3-6-10-22)23-11-7-4-8-12-23/h3-12,21,24-25H,13-19H2,1-2H3/q+1/t21-,24+,25-,28?. The highest BCUT2D eigenvalue weighted by atomic mass is 16.5. The average molecular weight is 390 g/mol. The van der Waals surface area contributed by atoms with Gasteiger partial charge in [-0.15, -0.1) is 0 Å². The van der Waals surface area contributed by atoms with E-state index in [1.807, 2.05) is 19.2 Å². The summed E-state index contributed by atoms with van der Waals surface area (Å²) < 4.78 is 6.58. The first-order valence-electron chi connectivity index (χ1n) is 11.0. The van der Waals surface area contributed by atoms with E-state index >= 15 is 0 Å². The van der Waals surface area contributed by atoms with Gasteiger partial charge in [-0.25, -0.2) is 0 Å². The highest BCUT2D eigenvalue weighted by Crippen LogP contribution is 2.48. The lowest BCUT2D eigenvalue weighted by molar-refractivity contribution is -0.949. The molecule has 2 bridgehead atoms. The van der Waals surface area contributed by atoms with Crippen LogP contribution in [-0.2, 0) is 10.2 Å². The van der Waals surface area contributed by atoms with Crippen molar-refractivity contribution in [3.63, 3.8) is 0 Å². The van der Waals surface area contributed by atoms with Gasteiger partial charge in [-0.2, -0.15) is 5.26 Å². The number of rotatable bonds is 7. The number of ether oxygens (including phenoxy) is 1. The Balaban J connectivity index is 1.63. The van der Waals surface area contributed by atoms with Crippen LogP contribution in [0.1, 0.15) is 43.2 Å². The Bertz CT molecular complexity index is 789. The monoisotopic (exact) mass is 389 g/mol. The Hall–Kier alpha value is -2.15. The van der Waals surface area contributed by atoms with Gasteiger partial charge in [0.1, 0.15) is 12.0 Å². The van der Waals surface area contributed by atoms with Crippen LogP contribution in [0.2, 0.25) is 0 Å². The van der Waals surface area contributed by atoms with Crippen LogP contribution >= 0.6 is 0 Å². The molecule has 2 aliphatic rings. The van der Waals surface area contributed by atoms with Crippen molar-refractivity contribution >= 4 is 0 Å². The molecule has 0 N–H and O–H groups in total. The Morgan fingerprint density at radius 3 is 1.93 bits per heavy atom. The normalized spacial score (nSPS) is 28.8. The summed E-state index contributed by atoms with van der Waals surface area (Å²) in [6.07, 6.45) is 5.99. The highest BCUT2D eigenvalue weighted by molar-refractivity contribution is 5.45. The van der Waals surface area contributed by atoms with Crippen LogP contribution in [-0.4, -0.2) is 43.9 Å². The second-order valence-electron chi connectivity index (χ2n) is 9.24. The molecule has 1 unspecified atom stereocenters. The van der Waals surface area contributed by atoms with Crippen LogP contribution in [0.4, 0.5) is 0 Å². The molecule has 2 heterocycles. The minimum Gasteiger partial charge on any atom is -0.379 e. The van der Waals surface area contributed by atoms with Gasteiger partial charge in [-0.05, 0) is 23.5 Å². The minimum atomic E-state index is -0.570. The first-order chi connectivity index (χ1) is 14.1. The molecule has 0 aromatic heterocycles. The molecule has 2 fully saturated rings. The van der Waals surface area contributed by atoms with Crippen LogP contribution in [0, 0.1) is 17.2 Å². The van der Waals surface area contributed by atoms with Gasteiger partial charge in [0.05, 0.1) is 31.8 Å². The molecule has 2 aromatic rings. The van der Waals surface area contributed by atoms with E-state index in [2.05, 4.69) is 61.6 Å². The molecule has 152 valence electrons. The van der Waals surface area contributed by atoms with E-state index in [9.17, 15) is 5.26 Å². The van der Waals surface area contributed by atoms with Gasteiger partial charge in [0.2, 0.25) is 0 Å². The molecule has 0 spiro atoms. The third kappa shape index (κ3) is 3.61. The number of nitriles is 1. The summed E-state index contributed by atoms with van der Waals surface area (Å²) >= 11 is 0. The summed E-state index contributed by atoms with van der Waals surface area (Å²) in [5, 5.41) is 10.5. The zero-order chi connectivity index (χ0) is 20.3. The van der Waals surface area contributed by atoms with E-state index in [0.29, 0.717) is 18.0 Å². The number of fused-ring (bicyclic) bond motifs is 2. The minimum absolute atomic E-state index is 0.570. The molecule has 3 nitrogen and oxygen atoms in total. The maximum Gasteiger partial charge on any atom is 0.107 e. The molecule has 0 radical (unpaired) electrons. The van der Waals surface area contributed by atoms with Gasteiger partial charge in [-0.3, -0.25) is 0 Å². The van der Waals surface area contributed by atoms with Crippen molar-refractivity contribution in [1.82, 2.24) is 0 Å². The number of likely N-dealkylation sites (N-methyl/N-ethyl adjacent to an activating group) is 1. The topological polar surface area (TPSA) is 33.0 Å². The predicted octanol–water partition coefficient (Wildman–Crippen LogP) is 4.92. The summed E-state index contributed by atoms with van der Waals surface area (Å²) in [6.45, 7) is 1.95. The van der Waals surface area contributed by atoms with Gasteiger partial charge in [-0.1, -0.05) is 60.7 Å². The third-order valence-corrected chi connectivity index (χ3v) is 7.81. The van der Waals surface area contributed by atoms with Gasteiger partial charge in [0.25, 0.3) is 0 Å². The maximum atomic E-state index is 10.5. The zero-order valence-electron chi connectivity index (χ0n) is 17.8. The van der Waals surface area contributed by atoms with Crippen LogP contribution in [0.25, 0.3) is 0 Å². The fourth-order valence-corrected chi connectivity index (χ4v) is 6.13. The number of methoxy groups -OCH3 is 1. The smallest absolute Gasteiger partial charge is 0.107 e. The molecular formula is C26H33N2O+. The maximum absolute atomic E-state index is 10.5. The first kappa shape index (κ1) is 20.1. The van der Waals surface area contributed by atoms with E-state index in [-0.39, 0.29) is 0 Å².